The lowest BCUT2D eigenvalue weighted by Crippen LogP contribution is -2.62. The van der Waals surface area contributed by atoms with Crippen LogP contribution in [-0.2, 0) is 39.9 Å². The number of pyridine rings is 1. The predicted molar refractivity (Wildman–Crippen MR) is 235 cm³/mol. The molecule has 15 nitrogen and oxygen atoms in total. The van der Waals surface area contributed by atoms with Crippen molar-refractivity contribution in [2.24, 2.45) is 17.8 Å². The lowest BCUT2D eigenvalue weighted by Gasteiger charge is -2.36. The Morgan fingerprint density at radius 3 is 2.46 bits per heavy atom. The minimum Gasteiger partial charge on any atom is -0.505 e. The number of hydrogen-bond acceptors (Lipinski definition) is 11. The Labute approximate surface area is 368 Å². The fraction of sp³-hybridized carbons (Fsp3) is 0.468. The molecule has 1 fully saturated rings. The maximum atomic E-state index is 14.5. The largest absolute Gasteiger partial charge is 0.505 e. The molecule has 0 saturated carbocycles. The van der Waals surface area contributed by atoms with Crippen molar-refractivity contribution < 1.29 is 48.1 Å². The number of cyclic esters (lactones) is 1. The zero-order valence-corrected chi connectivity index (χ0v) is 36.8. The summed E-state index contributed by atoms with van der Waals surface area (Å²) in [5, 5.41) is 31.2. The van der Waals surface area contributed by atoms with Crippen molar-refractivity contribution in [1.82, 2.24) is 26.1 Å². The second-order valence-electron chi connectivity index (χ2n) is 16.6. The Morgan fingerprint density at radius 1 is 1.06 bits per heavy atom. The Hall–Kier alpha value is -6.00. The molecule has 16 heteroatoms. The van der Waals surface area contributed by atoms with E-state index in [9.17, 15) is 43.4 Å². The van der Waals surface area contributed by atoms with Crippen LogP contribution in [0.3, 0.4) is 0 Å². The number of aliphatic hydroxyl groups excluding tert-OH is 1. The molecule has 0 aliphatic carbocycles. The summed E-state index contributed by atoms with van der Waals surface area (Å²) in [6.07, 6.45) is 12.4. The monoisotopic (exact) mass is 872 g/mol. The summed E-state index contributed by atoms with van der Waals surface area (Å²) in [7, 11) is 0. The van der Waals surface area contributed by atoms with E-state index >= 15 is 0 Å². The number of halogens is 1. The van der Waals surface area contributed by atoms with E-state index < -0.39 is 89.3 Å². The van der Waals surface area contributed by atoms with Crippen molar-refractivity contribution in [3.8, 4) is 5.75 Å². The minimum atomic E-state index is -1.32. The van der Waals surface area contributed by atoms with Crippen LogP contribution in [0.1, 0.15) is 84.3 Å². The molecule has 6 N–H and O–H groups in total. The molecule has 4 amide bonds. The number of nitrogens with one attached hydrogen (secondary N) is 4. The fourth-order valence-electron chi connectivity index (χ4n) is 7.29. The number of ether oxygens (including phenoxy) is 1. The first-order chi connectivity index (χ1) is 29.9. The first kappa shape index (κ1) is 49.7. The number of carbonyl (C=O) groups excluding carboxylic acids is 6. The van der Waals surface area contributed by atoms with Gasteiger partial charge in [0.1, 0.15) is 35.8 Å². The topological polar surface area (TPSA) is 216 Å². The van der Waals surface area contributed by atoms with Crippen LogP contribution >= 0.6 is 0 Å². The molecule has 0 radical (unpaired) electrons. The van der Waals surface area contributed by atoms with Gasteiger partial charge in [-0.1, -0.05) is 69.4 Å². The molecular formula is C47H61FN6O9. The van der Waals surface area contributed by atoms with Crippen LogP contribution in [0.15, 0.2) is 84.6 Å². The Kier molecular flexibility index (Phi) is 18.9. The van der Waals surface area contributed by atoms with Gasteiger partial charge in [0.2, 0.25) is 17.7 Å². The molecule has 3 heterocycles. The van der Waals surface area contributed by atoms with Gasteiger partial charge in [0, 0.05) is 38.1 Å². The molecule has 7 atom stereocenters. The lowest BCUT2D eigenvalue weighted by atomic mass is 9.85. The van der Waals surface area contributed by atoms with Crippen molar-refractivity contribution in [3.63, 3.8) is 0 Å². The van der Waals surface area contributed by atoms with Gasteiger partial charge in [-0.25, -0.2) is 14.8 Å². The highest BCUT2D eigenvalue weighted by molar-refractivity contribution is 5.98. The number of nitrogens with zero attached hydrogens (tertiary/aromatic N) is 2. The van der Waals surface area contributed by atoms with E-state index in [1.165, 1.54) is 43.1 Å². The first-order valence-corrected chi connectivity index (χ1v) is 21.4. The van der Waals surface area contributed by atoms with E-state index in [0.717, 1.165) is 0 Å². The van der Waals surface area contributed by atoms with Crippen LogP contribution in [0.25, 0.3) is 0 Å². The number of phenolic OH excluding ortho intramolecular Hbond substituents is 1. The summed E-state index contributed by atoms with van der Waals surface area (Å²) in [6.45, 7) is 9.95. The molecule has 2 aromatic rings. The quantitative estimate of drug-likeness (QED) is 0.108. The number of aliphatic hydroxyl groups is 1. The summed E-state index contributed by atoms with van der Waals surface area (Å²) in [4.78, 5) is 85.0. The van der Waals surface area contributed by atoms with E-state index in [-0.39, 0.29) is 43.6 Å². The van der Waals surface area contributed by atoms with Gasteiger partial charge < -0.3 is 35.7 Å². The maximum absolute atomic E-state index is 14.5. The van der Waals surface area contributed by atoms with E-state index in [4.69, 9.17) is 4.74 Å². The maximum Gasteiger partial charge on any atom is 0.325 e. The number of carbonyl (C=O) groups is 6. The number of rotatable bonds is 10. The molecule has 1 unspecified atom stereocenters. The minimum absolute atomic E-state index is 0.0249. The molecule has 2 bridgehead atoms. The normalized spacial score (nSPS) is 25.9. The van der Waals surface area contributed by atoms with Gasteiger partial charge in [-0.3, -0.25) is 29.0 Å². The number of ketones is 1. The Bertz CT molecular complexity index is 2050. The smallest absolute Gasteiger partial charge is 0.325 e. The molecule has 1 saturated heterocycles. The van der Waals surface area contributed by atoms with Crippen LogP contribution in [0.4, 0.5) is 10.2 Å². The number of allylic oxidation sites excluding steroid dienone is 5. The summed E-state index contributed by atoms with van der Waals surface area (Å²) in [5.41, 5.74) is 4.04. The summed E-state index contributed by atoms with van der Waals surface area (Å²) in [5.74, 6) is -6.27. The van der Waals surface area contributed by atoms with Gasteiger partial charge >= 0.3 is 5.97 Å². The Balaban J connectivity index is 1.70. The number of aromatic hydroxyl groups is 1. The van der Waals surface area contributed by atoms with Crippen LogP contribution in [-0.4, -0.2) is 92.5 Å². The molecule has 0 spiro atoms. The van der Waals surface area contributed by atoms with Crippen molar-refractivity contribution in [3.05, 3.63) is 102 Å². The third-order valence-corrected chi connectivity index (χ3v) is 11.0. The average Bonchev–Trinajstić information content (AvgIpc) is 3.24. The predicted octanol–water partition coefficient (Wildman–Crippen LogP) is 4.84. The molecule has 63 heavy (non-hydrogen) atoms. The molecule has 4 rings (SSSR count). The van der Waals surface area contributed by atoms with Crippen LogP contribution < -0.4 is 21.4 Å². The number of amides is 4. The van der Waals surface area contributed by atoms with Gasteiger partial charge in [0.25, 0.3) is 5.91 Å². The number of esters is 1. The second-order valence-corrected chi connectivity index (χ2v) is 16.6. The summed E-state index contributed by atoms with van der Waals surface area (Å²) >= 11 is 0. The zero-order chi connectivity index (χ0) is 46.2. The van der Waals surface area contributed by atoms with Gasteiger partial charge in [0.15, 0.2) is 11.6 Å². The number of aryl methyl sites for hydroxylation is 1. The van der Waals surface area contributed by atoms with Gasteiger partial charge in [-0.05, 0) is 93.2 Å². The number of aromatic nitrogens is 1. The van der Waals surface area contributed by atoms with Crippen LogP contribution in [0.2, 0.25) is 0 Å². The number of benzene rings is 1. The van der Waals surface area contributed by atoms with Crippen LogP contribution in [0, 0.1) is 30.5 Å². The van der Waals surface area contributed by atoms with Crippen LogP contribution in [0.5, 0.6) is 5.75 Å². The van der Waals surface area contributed by atoms with Crippen molar-refractivity contribution in [2.45, 2.75) is 117 Å². The van der Waals surface area contributed by atoms with E-state index in [1.807, 2.05) is 6.08 Å². The highest BCUT2D eigenvalue weighted by Gasteiger charge is 2.38. The number of fused-ring (bicyclic) bond motifs is 2. The number of Topliss-reactive ketones (excluding diaryl/α,β-unsaturated/α-hetero) is 1. The van der Waals surface area contributed by atoms with Gasteiger partial charge in [-0.15, -0.1) is 0 Å². The summed E-state index contributed by atoms with van der Waals surface area (Å²) in [6, 6.07) is 4.27. The lowest BCUT2D eigenvalue weighted by molar-refractivity contribution is -0.156. The fourth-order valence-corrected chi connectivity index (χ4v) is 7.29. The number of hydrazine groups is 1. The van der Waals surface area contributed by atoms with Crippen molar-refractivity contribution in [2.75, 3.05) is 11.9 Å². The van der Waals surface area contributed by atoms with E-state index in [1.54, 1.807) is 76.4 Å². The van der Waals surface area contributed by atoms with Gasteiger partial charge in [0.05, 0.1) is 12.0 Å². The second kappa shape index (κ2) is 24.0. The van der Waals surface area contributed by atoms with Crippen molar-refractivity contribution >= 4 is 41.2 Å². The standard InChI is InChI=1S/C47H61FN6O9/c1-28(2)42-45(60)50-36(26-33-25-31(5)41(48)37(56)27-33)46(61)54-24-14-17-35(53-54)47(62)63-38(29(3)16-13-20-40(57)51-39-19-11-12-23-49-39)18-10-8-7-9-15-30(4)43(58)34(44(59)52-42)22-21-32(6)55/h7-13,16,19-20,23,25,27-28,30,34-36,38,42-43,53,56,58H,14-15,17-18,21-22,24,26H2,1-6H3,(H,50,60)(H,52,59)(H,49,51,57)/b9-7+,10-8+,20-13+,29-16+/t30-,34+,35?,36-,38-,42-,43+/m0/s1. The molecule has 2 aliphatic rings. The molecule has 340 valence electrons. The highest BCUT2D eigenvalue weighted by Crippen LogP contribution is 2.25. The highest BCUT2D eigenvalue weighted by atomic mass is 19.1. The third-order valence-electron chi connectivity index (χ3n) is 11.0. The average molecular weight is 873 g/mol. The van der Waals surface area contributed by atoms with E-state index in [0.29, 0.717) is 36.2 Å². The molecule has 1 aromatic carbocycles. The van der Waals surface area contributed by atoms with E-state index in [2.05, 4.69) is 26.4 Å². The van der Waals surface area contributed by atoms with Crippen molar-refractivity contribution in [1.29, 1.82) is 0 Å². The molecule has 2 aliphatic heterocycles. The third kappa shape index (κ3) is 15.1. The number of hydrogen-bond donors (Lipinski definition) is 6. The van der Waals surface area contributed by atoms with Gasteiger partial charge in [-0.2, -0.15) is 0 Å². The summed E-state index contributed by atoms with van der Waals surface area (Å²) < 4.78 is 20.5. The molecular weight excluding hydrogens is 812 g/mol. The molecule has 1 aromatic heterocycles. The zero-order valence-electron chi connectivity index (χ0n) is 36.8. The Morgan fingerprint density at radius 2 is 1.79 bits per heavy atom. The first-order valence-electron chi connectivity index (χ1n) is 21.4. The number of anilines is 1. The SMILES string of the molecule is CC(=O)CC[C@H]1C(=O)N[C@@H](C(C)C)C(=O)N[C@@H](Cc2cc(C)c(F)c(O)c2)C(=O)N2CCCC(N2)C(=O)O[C@H](/C(C)=C/C=C/C(=O)Nc2ccccn2)C/C=C/C=C/C[C@H](C)[C@H]1O. The number of phenols is 1.